The second-order valence-corrected chi connectivity index (χ2v) is 8.42. The zero-order valence-corrected chi connectivity index (χ0v) is 20.1. The third-order valence-electron chi connectivity index (χ3n) is 5.40. The quantitative estimate of drug-likeness (QED) is 0.425. The van der Waals surface area contributed by atoms with Crippen molar-refractivity contribution in [3.63, 3.8) is 0 Å². The zero-order chi connectivity index (χ0) is 24.7. The van der Waals surface area contributed by atoms with E-state index in [1.54, 1.807) is 24.3 Å². The Balaban J connectivity index is 1.68. The number of carbonyl (C=O) groups is 3. The molecule has 3 aromatic carbocycles. The van der Waals surface area contributed by atoms with Gasteiger partial charge in [-0.1, -0.05) is 72.3 Å². The minimum Gasteiger partial charge on any atom is -0.452 e. The third kappa shape index (κ3) is 6.45. The van der Waals surface area contributed by atoms with Crippen molar-refractivity contribution >= 4 is 35.1 Å². The number of amides is 2. The normalized spacial score (nSPS) is 12.4. The van der Waals surface area contributed by atoms with E-state index in [-0.39, 0.29) is 6.42 Å². The lowest BCUT2D eigenvalue weighted by molar-refractivity contribution is -0.153. The summed E-state index contributed by atoms with van der Waals surface area (Å²) in [6, 6.07) is 20.8. The van der Waals surface area contributed by atoms with Crippen molar-refractivity contribution in [3.8, 4) is 0 Å². The van der Waals surface area contributed by atoms with E-state index in [1.807, 2.05) is 62.4 Å². The van der Waals surface area contributed by atoms with Crippen molar-refractivity contribution in [3.05, 3.63) is 100 Å². The molecule has 2 unspecified atom stereocenters. The van der Waals surface area contributed by atoms with E-state index in [2.05, 4.69) is 10.6 Å². The van der Waals surface area contributed by atoms with E-state index in [4.69, 9.17) is 16.3 Å². The first-order chi connectivity index (χ1) is 16.3. The van der Waals surface area contributed by atoms with Gasteiger partial charge in [0.15, 0.2) is 6.10 Å². The number of aryl methyl sites for hydroxylation is 2. The van der Waals surface area contributed by atoms with Gasteiger partial charge in [-0.3, -0.25) is 14.4 Å². The van der Waals surface area contributed by atoms with Crippen LogP contribution in [-0.4, -0.2) is 23.9 Å². The lowest BCUT2D eigenvalue weighted by atomic mass is 10.0. The molecule has 0 spiro atoms. The van der Waals surface area contributed by atoms with Crippen LogP contribution in [-0.2, 0) is 14.3 Å². The fraction of sp³-hybridized carbons (Fsp3) is 0.222. The van der Waals surface area contributed by atoms with Crippen LogP contribution in [0.2, 0.25) is 5.02 Å². The number of hydrogen-bond acceptors (Lipinski definition) is 4. The maximum Gasteiger partial charge on any atom is 0.309 e. The molecule has 0 saturated carbocycles. The Morgan fingerprint density at radius 2 is 1.50 bits per heavy atom. The predicted molar refractivity (Wildman–Crippen MR) is 133 cm³/mol. The number of esters is 1. The summed E-state index contributed by atoms with van der Waals surface area (Å²) in [5, 5.41) is 5.99. The molecule has 0 fully saturated rings. The highest BCUT2D eigenvalue weighted by Crippen LogP contribution is 2.22. The highest BCUT2D eigenvalue weighted by molar-refractivity contribution is 6.33. The van der Waals surface area contributed by atoms with Crippen LogP contribution in [0.25, 0.3) is 0 Å². The molecule has 0 aromatic heterocycles. The van der Waals surface area contributed by atoms with Crippen LogP contribution < -0.4 is 10.6 Å². The second kappa shape index (κ2) is 11.5. The molecule has 0 aliphatic rings. The third-order valence-corrected chi connectivity index (χ3v) is 5.73. The van der Waals surface area contributed by atoms with Crippen LogP contribution in [0.4, 0.5) is 5.69 Å². The number of rotatable bonds is 8. The number of carbonyl (C=O) groups excluding carboxylic acids is 3. The Kier molecular flexibility index (Phi) is 8.44. The molecule has 2 atom stereocenters. The average Bonchev–Trinajstić information content (AvgIpc) is 2.81. The van der Waals surface area contributed by atoms with E-state index in [0.717, 1.165) is 16.7 Å². The van der Waals surface area contributed by atoms with Gasteiger partial charge in [-0.15, -0.1) is 0 Å². The fourth-order valence-electron chi connectivity index (χ4n) is 3.52. The van der Waals surface area contributed by atoms with E-state index >= 15 is 0 Å². The molecule has 0 heterocycles. The molecular weight excluding hydrogens is 452 g/mol. The first-order valence-corrected chi connectivity index (χ1v) is 11.3. The first kappa shape index (κ1) is 25.0. The van der Waals surface area contributed by atoms with Gasteiger partial charge in [0.1, 0.15) is 0 Å². The summed E-state index contributed by atoms with van der Waals surface area (Å²) in [5.74, 6) is -1.45. The van der Waals surface area contributed by atoms with E-state index in [9.17, 15) is 14.4 Å². The van der Waals surface area contributed by atoms with Gasteiger partial charge in [0.2, 0.25) is 0 Å². The second-order valence-electron chi connectivity index (χ2n) is 8.01. The Morgan fingerprint density at radius 1 is 0.882 bits per heavy atom. The molecule has 34 heavy (non-hydrogen) atoms. The number of para-hydroxylation sites is 1. The summed E-state index contributed by atoms with van der Waals surface area (Å²) in [6.45, 7) is 5.30. The van der Waals surface area contributed by atoms with E-state index in [0.29, 0.717) is 16.3 Å². The number of halogens is 1. The fourth-order valence-corrected chi connectivity index (χ4v) is 3.74. The molecule has 0 bridgehead atoms. The Labute approximate surface area is 204 Å². The van der Waals surface area contributed by atoms with Crippen molar-refractivity contribution in [1.29, 1.82) is 0 Å². The standard InChI is InChI=1S/C27H27ClN2O4/c1-17-10-9-11-18(2)25(17)30-26(32)19(3)34-24(31)16-23(20-12-5-4-6-13-20)29-27(33)21-14-7-8-15-22(21)28/h4-15,19,23H,16H2,1-3H3,(H,29,33)(H,30,32). The smallest absolute Gasteiger partial charge is 0.309 e. The van der Waals surface area contributed by atoms with Crippen LogP contribution in [0.3, 0.4) is 0 Å². The summed E-state index contributed by atoms with van der Waals surface area (Å²) in [7, 11) is 0. The number of hydrogen-bond donors (Lipinski definition) is 2. The summed E-state index contributed by atoms with van der Waals surface area (Å²) in [5.41, 5.74) is 3.56. The molecule has 0 saturated heterocycles. The maximum atomic E-state index is 12.8. The van der Waals surface area contributed by atoms with Crippen molar-refractivity contribution in [1.82, 2.24) is 5.32 Å². The van der Waals surface area contributed by atoms with Gasteiger partial charge in [-0.25, -0.2) is 0 Å². The van der Waals surface area contributed by atoms with Crippen LogP contribution in [0, 0.1) is 13.8 Å². The number of benzene rings is 3. The highest BCUT2D eigenvalue weighted by Gasteiger charge is 2.24. The van der Waals surface area contributed by atoms with E-state index < -0.39 is 29.9 Å². The highest BCUT2D eigenvalue weighted by atomic mass is 35.5. The monoisotopic (exact) mass is 478 g/mol. The number of ether oxygens (including phenoxy) is 1. The van der Waals surface area contributed by atoms with Gasteiger partial charge in [-0.05, 0) is 49.6 Å². The van der Waals surface area contributed by atoms with Gasteiger partial charge in [0.25, 0.3) is 11.8 Å². The molecule has 2 amide bonds. The lowest BCUT2D eigenvalue weighted by Gasteiger charge is -2.21. The Bertz CT molecular complexity index is 1160. The molecule has 0 aliphatic carbocycles. The van der Waals surface area contributed by atoms with Gasteiger partial charge in [0.05, 0.1) is 23.0 Å². The van der Waals surface area contributed by atoms with Crippen molar-refractivity contribution in [2.24, 2.45) is 0 Å². The Morgan fingerprint density at radius 3 is 2.15 bits per heavy atom. The largest absolute Gasteiger partial charge is 0.452 e. The molecule has 2 N–H and O–H groups in total. The number of nitrogens with one attached hydrogen (secondary N) is 2. The van der Waals surface area contributed by atoms with Gasteiger partial charge in [-0.2, -0.15) is 0 Å². The minimum atomic E-state index is -1.01. The molecular formula is C27H27ClN2O4. The predicted octanol–water partition coefficient (Wildman–Crippen LogP) is 5.39. The molecule has 3 aromatic rings. The molecule has 6 nitrogen and oxygen atoms in total. The topological polar surface area (TPSA) is 84.5 Å². The SMILES string of the molecule is Cc1cccc(C)c1NC(=O)C(C)OC(=O)CC(NC(=O)c1ccccc1Cl)c1ccccc1. The van der Waals surface area contributed by atoms with Crippen LogP contribution in [0.15, 0.2) is 72.8 Å². The molecule has 7 heteroatoms. The molecule has 0 aliphatic heterocycles. The summed E-state index contributed by atoms with van der Waals surface area (Å²) < 4.78 is 5.40. The van der Waals surface area contributed by atoms with Crippen molar-refractivity contribution in [2.75, 3.05) is 5.32 Å². The molecule has 176 valence electrons. The molecule has 0 radical (unpaired) electrons. The van der Waals surface area contributed by atoms with Gasteiger partial charge >= 0.3 is 5.97 Å². The summed E-state index contributed by atoms with van der Waals surface area (Å²) in [6.07, 6.45) is -1.16. The lowest BCUT2D eigenvalue weighted by Crippen LogP contribution is -2.34. The number of anilines is 1. The zero-order valence-electron chi connectivity index (χ0n) is 19.3. The van der Waals surface area contributed by atoms with Crippen molar-refractivity contribution in [2.45, 2.75) is 39.3 Å². The summed E-state index contributed by atoms with van der Waals surface area (Å²) >= 11 is 6.15. The maximum absolute atomic E-state index is 12.8. The van der Waals surface area contributed by atoms with Crippen LogP contribution in [0.5, 0.6) is 0 Å². The first-order valence-electron chi connectivity index (χ1n) is 10.9. The minimum absolute atomic E-state index is 0.152. The van der Waals surface area contributed by atoms with Gasteiger partial charge in [0, 0.05) is 5.69 Å². The van der Waals surface area contributed by atoms with E-state index in [1.165, 1.54) is 6.92 Å². The van der Waals surface area contributed by atoms with Gasteiger partial charge < -0.3 is 15.4 Å². The van der Waals surface area contributed by atoms with Crippen LogP contribution >= 0.6 is 11.6 Å². The summed E-state index contributed by atoms with van der Waals surface area (Å²) in [4.78, 5) is 38.2. The Hall–Kier alpha value is -3.64. The molecule has 3 rings (SSSR count). The van der Waals surface area contributed by atoms with Crippen LogP contribution in [0.1, 0.15) is 46.4 Å². The van der Waals surface area contributed by atoms with Crippen molar-refractivity contribution < 1.29 is 19.1 Å². The average molecular weight is 479 g/mol.